The minimum atomic E-state index is -1.96. The third-order valence-electron chi connectivity index (χ3n) is 4.30. The molecule has 19 heavy (non-hydrogen) atoms. The molecule has 1 aliphatic rings. The molecule has 0 atom stereocenters. The molecule has 1 saturated heterocycles. The van der Waals surface area contributed by atoms with Gasteiger partial charge in [-0.2, -0.15) is 0 Å². The van der Waals surface area contributed by atoms with Crippen molar-refractivity contribution in [1.82, 2.24) is 0 Å². The number of hydrogen-bond donors (Lipinski definition) is 0. The van der Waals surface area contributed by atoms with Gasteiger partial charge in [-0.15, -0.1) is 0 Å². The Balaban J connectivity index is 2.22. The van der Waals surface area contributed by atoms with Crippen LogP contribution >= 0.6 is 0 Å². The monoisotopic (exact) mass is 368 g/mol. The molecule has 0 radical (unpaired) electrons. The van der Waals surface area contributed by atoms with Gasteiger partial charge in [-0.05, 0) is 0 Å². The van der Waals surface area contributed by atoms with Crippen molar-refractivity contribution >= 4 is 34.5 Å². The van der Waals surface area contributed by atoms with Crippen LogP contribution in [-0.4, -0.2) is 36.7 Å². The van der Waals surface area contributed by atoms with E-state index >= 15 is 0 Å². The van der Waals surface area contributed by atoms with E-state index in [1.165, 1.54) is 3.58 Å². The van der Waals surface area contributed by atoms with E-state index in [-0.39, 0.29) is 18.3 Å². The Morgan fingerprint density at radius 2 is 1.26 bits per heavy atom. The fourth-order valence-corrected chi connectivity index (χ4v) is 5.45. The fourth-order valence-electron chi connectivity index (χ4n) is 2.12. The molecule has 1 aliphatic heterocycles. The molecule has 0 aliphatic carbocycles. The standard InChI is InChI=1S/C12H16BO2.3CH3.Sn/c1-11(2)12(3,4)15-13(14-11)10-8-6-5-7-9-10;;;;/h6-9H,1-4H3;3*1H3;. The molecule has 0 saturated carbocycles. The first-order valence-electron chi connectivity index (χ1n) is 6.99. The molecule has 1 aromatic carbocycles. The summed E-state index contributed by atoms with van der Waals surface area (Å²) >= 11 is -1.96. The van der Waals surface area contributed by atoms with Crippen LogP contribution in [-0.2, 0) is 9.31 Å². The number of hydrogen-bond acceptors (Lipinski definition) is 2. The molecule has 1 heterocycles. The van der Waals surface area contributed by atoms with Crippen LogP contribution in [0.4, 0.5) is 0 Å². The van der Waals surface area contributed by atoms with Crippen LogP contribution in [0, 0.1) is 0 Å². The molecular formula is C15H25BO2Sn. The Bertz CT molecular complexity index is 444. The Morgan fingerprint density at radius 1 is 0.842 bits per heavy atom. The average Bonchev–Trinajstić information content (AvgIpc) is 2.47. The number of rotatable bonds is 2. The van der Waals surface area contributed by atoms with Gasteiger partial charge in [0.15, 0.2) is 0 Å². The first-order valence-corrected chi connectivity index (χ1v) is 17.0. The molecule has 0 aromatic heterocycles. The zero-order valence-corrected chi connectivity index (χ0v) is 16.1. The number of benzene rings is 1. The second-order valence-electron chi connectivity index (χ2n) is 7.46. The molecule has 1 fully saturated rings. The van der Waals surface area contributed by atoms with Gasteiger partial charge < -0.3 is 0 Å². The molecule has 104 valence electrons. The van der Waals surface area contributed by atoms with Crippen molar-refractivity contribution in [1.29, 1.82) is 0 Å². The van der Waals surface area contributed by atoms with Crippen LogP contribution in [0.5, 0.6) is 0 Å². The van der Waals surface area contributed by atoms with Crippen molar-refractivity contribution in [3.05, 3.63) is 24.3 Å². The van der Waals surface area contributed by atoms with Gasteiger partial charge in [0.25, 0.3) is 0 Å². The predicted octanol–water partition coefficient (Wildman–Crippen LogP) is 2.53. The second kappa shape index (κ2) is 4.78. The molecular weight excluding hydrogens is 342 g/mol. The summed E-state index contributed by atoms with van der Waals surface area (Å²) in [7, 11) is -0.241. The van der Waals surface area contributed by atoms with Gasteiger partial charge in [0.05, 0.1) is 0 Å². The third-order valence-corrected chi connectivity index (χ3v) is 10.2. The van der Waals surface area contributed by atoms with E-state index in [0.717, 1.165) is 5.46 Å². The molecule has 0 amide bonds. The van der Waals surface area contributed by atoms with Crippen LogP contribution in [0.3, 0.4) is 0 Å². The van der Waals surface area contributed by atoms with Gasteiger partial charge in [-0.3, -0.25) is 0 Å². The summed E-state index contributed by atoms with van der Waals surface area (Å²) < 4.78 is 13.7. The normalized spacial score (nSPS) is 21.7. The van der Waals surface area contributed by atoms with Gasteiger partial charge in [0.1, 0.15) is 0 Å². The van der Waals surface area contributed by atoms with Crippen LogP contribution in [0.15, 0.2) is 24.3 Å². The third kappa shape index (κ3) is 3.03. The quantitative estimate of drug-likeness (QED) is 0.749. The Morgan fingerprint density at radius 3 is 1.63 bits per heavy atom. The van der Waals surface area contributed by atoms with Crippen LogP contribution in [0.1, 0.15) is 27.7 Å². The van der Waals surface area contributed by atoms with Crippen molar-refractivity contribution < 1.29 is 9.31 Å². The minimum absolute atomic E-state index is 0.241. The van der Waals surface area contributed by atoms with Crippen LogP contribution < -0.4 is 9.04 Å². The van der Waals surface area contributed by atoms with E-state index in [9.17, 15) is 0 Å². The van der Waals surface area contributed by atoms with E-state index in [0.29, 0.717) is 0 Å². The van der Waals surface area contributed by atoms with E-state index in [1.807, 2.05) is 0 Å². The summed E-state index contributed by atoms with van der Waals surface area (Å²) in [6.45, 7) is 8.36. The Hall–Kier alpha value is 0.00364. The van der Waals surface area contributed by atoms with E-state index in [4.69, 9.17) is 9.31 Å². The van der Waals surface area contributed by atoms with Gasteiger partial charge in [0, 0.05) is 0 Å². The molecule has 2 nitrogen and oxygen atoms in total. The fraction of sp³-hybridized carbons (Fsp3) is 0.600. The van der Waals surface area contributed by atoms with Gasteiger partial charge in [-0.1, -0.05) is 0 Å². The van der Waals surface area contributed by atoms with E-state index < -0.39 is 18.4 Å². The molecule has 0 bridgehead atoms. The topological polar surface area (TPSA) is 18.5 Å². The molecule has 1 aromatic rings. The molecule has 0 unspecified atom stereocenters. The molecule has 0 N–H and O–H groups in total. The molecule has 4 heteroatoms. The first kappa shape index (κ1) is 15.4. The van der Waals surface area contributed by atoms with Crippen molar-refractivity contribution in [2.75, 3.05) is 0 Å². The van der Waals surface area contributed by atoms with Crippen molar-refractivity contribution in [3.8, 4) is 0 Å². The average molecular weight is 367 g/mol. The van der Waals surface area contributed by atoms with Crippen LogP contribution in [0.25, 0.3) is 0 Å². The Kier molecular flexibility index (Phi) is 3.87. The summed E-state index contributed by atoms with van der Waals surface area (Å²) in [5.41, 5.74) is 0.595. The summed E-state index contributed by atoms with van der Waals surface area (Å²) in [6, 6.07) is 8.85. The predicted molar refractivity (Wildman–Crippen MR) is 85.1 cm³/mol. The summed E-state index contributed by atoms with van der Waals surface area (Å²) in [5, 5.41) is 0. The van der Waals surface area contributed by atoms with E-state index in [2.05, 4.69) is 66.8 Å². The van der Waals surface area contributed by atoms with Gasteiger partial charge in [-0.25, -0.2) is 0 Å². The van der Waals surface area contributed by atoms with Crippen molar-refractivity contribution in [3.63, 3.8) is 0 Å². The zero-order valence-electron chi connectivity index (χ0n) is 13.2. The van der Waals surface area contributed by atoms with Gasteiger partial charge in [0.2, 0.25) is 0 Å². The summed E-state index contributed by atoms with van der Waals surface area (Å²) in [6.07, 6.45) is 0. The van der Waals surface area contributed by atoms with Gasteiger partial charge >= 0.3 is 122 Å². The summed E-state index contributed by atoms with van der Waals surface area (Å²) in [5.74, 6) is 0. The Labute approximate surface area is 121 Å². The van der Waals surface area contributed by atoms with Crippen LogP contribution in [0.2, 0.25) is 14.8 Å². The first-order chi connectivity index (χ1) is 8.53. The second-order valence-corrected chi connectivity index (χ2v) is 22.0. The van der Waals surface area contributed by atoms with Crippen molar-refractivity contribution in [2.45, 2.75) is 53.7 Å². The molecule has 0 spiro atoms. The maximum absolute atomic E-state index is 6.07. The SMILES string of the molecule is CC1(C)OB(c2cc[c]([Sn]([CH3])([CH3])[CH3])cc2)OC1(C)C. The zero-order chi connectivity index (χ0) is 14.5. The van der Waals surface area contributed by atoms with E-state index in [1.54, 1.807) is 0 Å². The maximum atomic E-state index is 6.07. The molecule has 2 rings (SSSR count). The van der Waals surface area contributed by atoms with Crippen molar-refractivity contribution in [2.24, 2.45) is 0 Å². The summed E-state index contributed by atoms with van der Waals surface area (Å²) in [4.78, 5) is 7.29.